The van der Waals surface area contributed by atoms with Crippen LogP contribution in [0.5, 0.6) is 5.75 Å². The molecule has 2 aromatic rings. The molecule has 1 N–H and O–H groups in total. The number of carbonyl (C=O) groups excluding carboxylic acids is 1. The maximum Gasteiger partial charge on any atom is 0.253 e. The summed E-state index contributed by atoms with van der Waals surface area (Å²) in [6.45, 7) is 1.77. The van der Waals surface area contributed by atoms with Gasteiger partial charge in [0.15, 0.2) is 11.6 Å². The molecule has 1 heterocycles. The van der Waals surface area contributed by atoms with E-state index in [1.807, 2.05) is 0 Å². The maximum absolute atomic E-state index is 13.7. The van der Waals surface area contributed by atoms with E-state index in [1.54, 1.807) is 19.1 Å². The zero-order chi connectivity index (χ0) is 15.4. The molecule has 2 rings (SSSR count). The molecule has 0 saturated heterocycles. The summed E-state index contributed by atoms with van der Waals surface area (Å²) >= 11 is 5.67. The molecule has 0 aliphatic carbocycles. The molecule has 0 bridgehead atoms. The molecule has 6 heteroatoms. The third-order valence-corrected chi connectivity index (χ3v) is 3.24. The molecular weight excluding hydrogens is 295 g/mol. The van der Waals surface area contributed by atoms with Gasteiger partial charge in [-0.3, -0.25) is 4.79 Å². The van der Waals surface area contributed by atoms with Gasteiger partial charge in [0.2, 0.25) is 0 Å². The second kappa shape index (κ2) is 6.54. The molecule has 1 aromatic heterocycles. The number of methoxy groups -OCH3 is 1. The van der Waals surface area contributed by atoms with Crippen molar-refractivity contribution in [3.8, 4) is 5.75 Å². The highest BCUT2D eigenvalue weighted by Crippen LogP contribution is 2.22. The molecule has 0 spiro atoms. The standard InChI is InChI=1S/C15H14ClFN2O2/c1-9(10-3-5-13(21-2)12(17)7-10)19-15(20)11-4-6-14(16)18-8-11/h3-9H,1-2H3,(H,19,20). The Morgan fingerprint density at radius 3 is 2.71 bits per heavy atom. The average molecular weight is 309 g/mol. The number of hydrogen-bond acceptors (Lipinski definition) is 3. The number of nitrogens with one attached hydrogen (secondary N) is 1. The second-order valence-corrected chi connectivity index (χ2v) is 4.85. The van der Waals surface area contributed by atoms with Gasteiger partial charge in [0.05, 0.1) is 18.7 Å². The molecule has 1 unspecified atom stereocenters. The van der Waals surface area contributed by atoms with Gasteiger partial charge < -0.3 is 10.1 Å². The summed E-state index contributed by atoms with van der Waals surface area (Å²) in [5, 5.41) is 3.08. The molecule has 4 nitrogen and oxygen atoms in total. The van der Waals surface area contributed by atoms with E-state index in [-0.39, 0.29) is 17.7 Å². The Morgan fingerprint density at radius 1 is 1.38 bits per heavy atom. The molecule has 0 fully saturated rings. The van der Waals surface area contributed by atoms with Gasteiger partial charge in [0, 0.05) is 6.20 Å². The third-order valence-electron chi connectivity index (χ3n) is 3.01. The number of rotatable bonds is 4. The number of hydrogen-bond donors (Lipinski definition) is 1. The highest BCUT2D eigenvalue weighted by atomic mass is 35.5. The average Bonchev–Trinajstić information content (AvgIpc) is 2.47. The Kier molecular flexibility index (Phi) is 4.75. The van der Waals surface area contributed by atoms with Crippen LogP contribution >= 0.6 is 11.6 Å². The first-order chi connectivity index (χ1) is 10.0. The minimum Gasteiger partial charge on any atom is -0.494 e. The van der Waals surface area contributed by atoms with Crippen LogP contribution in [0, 0.1) is 5.82 Å². The lowest BCUT2D eigenvalue weighted by Gasteiger charge is -2.15. The van der Waals surface area contributed by atoms with Crippen LogP contribution in [0.1, 0.15) is 28.9 Å². The van der Waals surface area contributed by atoms with Gasteiger partial charge in [-0.05, 0) is 36.8 Å². The molecule has 0 aliphatic heterocycles. The summed E-state index contributed by atoms with van der Waals surface area (Å²) in [4.78, 5) is 15.9. The summed E-state index contributed by atoms with van der Waals surface area (Å²) in [5.41, 5.74) is 1.03. The van der Waals surface area contributed by atoms with E-state index in [0.717, 1.165) is 0 Å². The summed E-state index contributed by atoms with van der Waals surface area (Å²) in [6.07, 6.45) is 1.39. The molecule has 110 valence electrons. The van der Waals surface area contributed by atoms with Crippen molar-refractivity contribution in [2.75, 3.05) is 7.11 Å². The third kappa shape index (κ3) is 3.70. The fourth-order valence-electron chi connectivity index (χ4n) is 1.83. The number of ether oxygens (including phenoxy) is 1. The van der Waals surface area contributed by atoms with Crippen LogP contribution in [0.3, 0.4) is 0 Å². The van der Waals surface area contributed by atoms with Crippen LogP contribution in [0.25, 0.3) is 0 Å². The highest BCUT2D eigenvalue weighted by Gasteiger charge is 2.13. The van der Waals surface area contributed by atoms with Gasteiger partial charge in [-0.15, -0.1) is 0 Å². The monoisotopic (exact) mass is 308 g/mol. The quantitative estimate of drug-likeness (QED) is 0.881. The Bertz CT molecular complexity index is 647. The summed E-state index contributed by atoms with van der Waals surface area (Å²) in [5.74, 6) is -0.605. The van der Waals surface area contributed by atoms with Crippen molar-refractivity contribution < 1.29 is 13.9 Å². The molecule has 21 heavy (non-hydrogen) atoms. The largest absolute Gasteiger partial charge is 0.494 e. The van der Waals surface area contributed by atoms with E-state index < -0.39 is 5.82 Å². The lowest BCUT2D eigenvalue weighted by Crippen LogP contribution is -2.26. The van der Waals surface area contributed by atoms with Crippen molar-refractivity contribution in [3.05, 3.63) is 58.6 Å². The predicted molar refractivity (Wildman–Crippen MR) is 78.1 cm³/mol. The highest BCUT2D eigenvalue weighted by molar-refractivity contribution is 6.29. The Labute approximate surface area is 126 Å². The van der Waals surface area contributed by atoms with Crippen molar-refractivity contribution in [2.45, 2.75) is 13.0 Å². The molecule has 1 atom stereocenters. The lowest BCUT2D eigenvalue weighted by molar-refractivity contribution is 0.0939. The number of aromatic nitrogens is 1. The first-order valence-electron chi connectivity index (χ1n) is 6.27. The Hall–Kier alpha value is -2.14. The first kappa shape index (κ1) is 15.3. The number of halogens is 2. The van der Waals surface area contributed by atoms with Crippen LogP contribution in [0.2, 0.25) is 5.15 Å². The van der Waals surface area contributed by atoms with Gasteiger partial charge in [-0.1, -0.05) is 17.7 Å². The van der Waals surface area contributed by atoms with E-state index >= 15 is 0 Å². The van der Waals surface area contributed by atoms with E-state index in [9.17, 15) is 9.18 Å². The van der Waals surface area contributed by atoms with Crippen molar-refractivity contribution in [3.63, 3.8) is 0 Å². The molecule has 0 aliphatic rings. The van der Waals surface area contributed by atoms with Gasteiger partial charge >= 0.3 is 0 Å². The minimum absolute atomic E-state index is 0.166. The number of amides is 1. The van der Waals surface area contributed by atoms with E-state index in [1.165, 1.54) is 31.5 Å². The topological polar surface area (TPSA) is 51.2 Å². The number of carbonyl (C=O) groups is 1. The van der Waals surface area contributed by atoms with Crippen LogP contribution < -0.4 is 10.1 Å². The van der Waals surface area contributed by atoms with Crippen molar-refractivity contribution in [1.82, 2.24) is 10.3 Å². The van der Waals surface area contributed by atoms with E-state index in [4.69, 9.17) is 16.3 Å². The van der Waals surface area contributed by atoms with E-state index in [2.05, 4.69) is 10.3 Å². The Balaban J connectivity index is 2.10. The number of pyridine rings is 1. The number of nitrogens with zero attached hydrogens (tertiary/aromatic N) is 1. The summed E-state index contributed by atoms with van der Waals surface area (Å²) in [7, 11) is 1.40. The van der Waals surface area contributed by atoms with Crippen molar-refractivity contribution in [1.29, 1.82) is 0 Å². The SMILES string of the molecule is COc1ccc(C(C)NC(=O)c2ccc(Cl)nc2)cc1F. The lowest BCUT2D eigenvalue weighted by atomic mass is 10.1. The molecule has 0 saturated carbocycles. The first-order valence-corrected chi connectivity index (χ1v) is 6.65. The molecular formula is C15H14ClFN2O2. The van der Waals surface area contributed by atoms with Gasteiger partial charge in [-0.2, -0.15) is 0 Å². The van der Waals surface area contributed by atoms with Gasteiger partial charge in [-0.25, -0.2) is 9.37 Å². The van der Waals surface area contributed by atoms with Gasteiger partial charge in [0.25, 0.3) is 5.91 Å². The van der Waals surface area contributed by atoms with Crippen LogP contribution in [-0.4, -0.2) is 18.0 Å². The zero-order valence-corrected chi connectivity index (χ0v) is 12.3. The van der Waals surface area contributed by atoms with Crippen LogP contribution in [0.4, 0.5) is 4.39 Å². The van der Waals surface area contributed by atoms with Crippen molar-refractivity contribution in [2.24, 2.45) is 0 Å². The van der Waals surface area contributed by atoms with E-state index in [0.29, 0.717) is 16.3 Å². The zero-order valence-electron chi connectivity index (χ0n) is 11.6. The molecule has 1 amide bonds. The summed E-state index contributed by atoms with van der Waals surface area (Å²) < 4.78 is 18.5. The van der Waals surface area contributed by atoms with Crippen molar-refractivity contribution >= 4 is 17.5 Å². The fourth-order valence-corrected chi connectivity index (χ4v) is 1.94. The smallest absolute Gasteiger partial charge is 0.253 e. The predicted octanol–water partition coefficient (Wildman–Crippen LogP) is 3.37. The minimum atomic E-state index is -0.468. The fraction of sp³-hybridized carbons (Fsp3) is 0.200. The van der Waals surface area contributed by atoms with Crippen LogP contribution in [0.15, 0.2) is 36.5 Å². The Morgan fingerprint density at radius 2 is 2.14 bits per heavy atom. The van der Waals surface area contributed by atoms with Crippen LogP contribution in [-0.2, 0) is 0 Å². The summed E-state index contributed by atoms with van der Waals surface area (Å²) in [6, 6.07) is 7.32. The second-order valence-electron chi connectivity index (χ2n) is 4.46. The van der Waals surface area contributed by atoms with Gasteiger partial charge in [0.1, 0.15) is 5.15 Å². The number of benzene rings is 1. The molecule has 0 radical (unpaired) electrons. The normalized spacial score (nSPS) is 11.8. The molecule has 1 aromatic carbocycles. The maximum atomic E-state index is 13.7.